The van der Waals surface area contributed by atoms with Gasteiger partial charge in [0.2, 0.25) is 0 Å². The summed E-state index contributed by atoms with van der Waals surface area (Å²) in [6, 6.07) is 4.45. The Morgan fingerprint density at radius 2 is 2.00 bits per heavy atom. The third-order valence-electron chi connectivity index (χ3n) is 2.55. The quantitative estimate of drug-likeness (QED) is 0.508. The van der Waals surface area contributed by atoms with E-state index in [0.29, 0.717) is 18.5 Å². The average Bonchev–Trinajstić information content (AvgIpc) is 2.44. The third-order valence-corrected chi connectivity index (χ3v) is 2.55. The predicted octanol–water partition coefficient (Wildman–Crippen LogP) is 2.45. The Balaban J connectivity index is 2.50. The van der Waals surface area contributed by atoms with Crippen molar-refractivity contribution in [3.8, 4) is 17.6 Å². The number of nitrogens with one attached hydrogen (secondary N) is 1. The van der Waals surface area contributed by atoms with Crippen molar-refractivity contribution in [2.75, 3.05) is 13.7 Å². The fraction of sp³-hybridized carbons (Fsp3) is 0.412. The average molecular weight is 319 g/mol. The zero-order chi connectivity index (χ0) is 17.5. The van der Waals surface area contributed by atoms with E-state index in [0.717, 1.165) is 0 Å². The van der Waals surface area contributed by atoms with E-state index in [1.807, 2.05) is 0 Å². The monoisotopic (exact) mass is 319 g/mol. The van der Waals surface area contributed by atoms with Crippen LogP contribution in [0.2, 0.25) is 0 Å². The molecule has 0 saturated heterocycles. The number of hydrogen-bond acceptors (Lipinski definition) is 5. The van der Waals surface area contributed by atoms with E-state index in [4.69, 9.17) is 4.74 Å². The molecule has 1 aromatic carbocycles. The topological polar surface area (TPSA) is 84.9 Å². The molecule has 0 aliphatic carbocycles. The molecule has 0 spiro atoms. The molecule has 6 heteroatoms. The maximum Gasteiger partial charge on any atom is 0.407 e. The number of ether oxygens (including phenoxy) is 2. The van der Waals surface area contributed by atoms with Crippen LogP contribution in [0.15, 0.2) is 18.2 Å². The second-order valence-corrected chi connectivity index (χ2v) is 5.70. The van der Waals surface area contributed by atoms with Crippen molar-refractivity contribution in [1.82, 2.24) is 5.32 Å². The van der Waals surface area contributed by atoms with Gasteiger partial charge in [0, 0.05) is 18.5 Å². The molecule has 124 valence electrons. The molecule has 0 aliphatic rings. The Morgan fingerprint density at radius 1 is 1.30 bits per heavy atom. The number of carbonyl (C=O) groups is 2. The van der Waals surface area contributed by atoms with Crippen LogP contribution in [0.1, 0.15) is 43.1 Å². The van der Waals surface area contributed by atoms with Gasteiger partial charge in [-0.15, -0.1) is 0 Å². The number of phenolic OH excluding ortho intramolecular Hbond substituents is 1. The highest BCUT2D eigenvalue weighted by Gasteiger charge is 2.15. The van der Waals surface area contributed by atoms with Crippen LogP contribution < -0.4 is 5.32 Å². The molecule has 0 bridgehead atoms. The second kappa shape index (κ2) is 8.08. The number of aromatic hydroxyl groups is 1. The molecule has 0 fully saturated rings. The molecule has 0 radical (unpaired) electrons. The van der Waals surface area contributed by atoms with Gasteiger partial charge in [-0.05, 0) is 39.0 Å². The number of benzene rings is 1. The number of phenols is 1. The summed E-state index contributed by atoms with van der Waals surface area (Å²) in [6.45, 7) is 5.72. The molecule has 6 nitrogen and oxygen atoms in total. The lowest BCUT2D eigenvalue weighted by Crippen LogP contribution is -2.32. The maximum absolute atomic E-state index is 11.4. The van der Waals surface area contributed by atoms with Gasteiger partial charge in [-0.25, -0.2) is 9.59 Å². The molecule has 2 N–H and O–H groups in total. The molecular weight excluding hydrogens is 298 g/mol. The van der Waals surface area contributed by atoms with Crippen LogP contribution in [0.3, 0.4) is 0 Å². The first-order chi connectivity index (χ1) is 10.7. The van der Waals surface area contributed by atoms with Gasteiger partial charge < -0.3 is 19.9 Å². The zero-order valence-corrected chi connectivity index (χ0v) is 13.7. The van der Waals surface area contributed by atoms with E-state index in [1.54, 1.807) is 26.8 Å². The van der Waals surface area contributed by atoms with Gasteiger partial charge in [-0.3, -0.25) is 0 Å². The molecule has 0 atom stereocenters. The van der Waals surface area contributed by atoms with Crippen LogP contribution in [-0.4, -0.2) is 36.4 Å². The highest BCUT2D eigenvalue weighted by molar-refractivity contribution is 5.92. The van der Waals surface area contributed by atoms with Crippen LogP contribution >= 0.6 is 0 Å². The van der Waals surface area contributed by atoms with Crippen LogP contribution in [-0.2, 0) is 9.47 Å². The summed E-state index contributed by atoms with van der Waals surface area (Å²) < 4.78 is 9.63. The Kier molecular flexibility index (Phi) is 6.46. The van der Waals surface area contributed by atoms with Gasteiger partial charge in [0.05, 0.1) is 7.11 Å². The normalized spacial score (nSPS) is 10.3. The fourth-order valence-electron chi connectivity index (χ4n) is 1.60. The van der Waals surface area contributed by atoms with Crippen molar-refractivity contribution in [1.29, 1.82) is 0 Å². The molecular formula is C17H21NO5. The summed E-state index contributed by atoms with van der Waals surface area (Å²) in [7, 11) is 1.24. The molecule has 1 aromatic rings. The lowest BCUT2D eigenvalue weighted by molar-refractivity contribution is 0.0527. The van der Waals surface area contributed by atoms with Crippen molar-refractivity contribution in [3.63, 3.8) is 0 Å². The van der Waals surface area contributed by atoms with Crippen molar-refractivity contribution in [2.24, 2.45) is 0 Å². The summed E-state index contributed by atoms with van der Waals surface area (Å²) in [5, 5.41) is 12.3. The first kappa shape index (κ1) is 18.4. The smallest absolute Gasteiger partial charge is 0.407 e. The van der Waals surface area contributed by atoms with E-state index in [1.165, 1.54) is 19.2 Å². The number of amides is 1. The number of methoxy groups -OCH3 is 1. The van der Waals surface area contributed by atoms with Crippen molar-refractivity contribution in [2.45, 2.75) is 32.8 Å². The van der Waals surface area contributed by atoms with E-state index >= 15 is 0 Å². The highest BCUT2D eigenvalue weighted by atomic mass is 16.6. The largest absolute Gasteiger partial charge is 0.507 e. The second-order valence-electron chi connectivity index (χ2n) is 5.70. The third kappa shape index (κ3) is 6.74. The van der Waals surface area contributed by atoms with Gasteiger partial charge in [-0.2, -0.15) is 0 Å². The van der Waals surface area contributed by atoms with E-state index in [-0.39, 0.29) is 11.3 Å². The molecule has 0 heterocycles. The van der Waals surface area contributed by atoms with Gasteiger partial charge in [0.1, 0.15) is 16.9 Å². The molecule has 1 rings (SSSR count). The Hall–Kier alpha value is -2.68. The standard InChI is InChI=1S/C17H21NO5/c1-17(2,3)23-16(21)18-10-6-5-7-12-8-9-13(14(19)11-12)15(20)22-4/h8-9,11,19H,6,10H2,1-4H3,(H,18,21). The Labute approximate surface area is 135 Å². The first-order valence-electron chi connectivity index (χ1n) is 7.10. The molecule has 23 heavy (non-hydrogen) atoms. The zero-order valence-electron chi connectivity index (χ0n) is 13.7. The fourth-order valence-corrected chi connectivity index (χ4v) is 1.60. The van der Waals surface area contributed by atoms with E-state index in [2.05, 4.69) is 21.9 Å². The van der Waals surface area contributed by atoms with Crippen molar-refractivity contribution < 1.29 is 24.2 Å². The van der Waals surface area contributed by atoms with Crippen LogP contribution in [0.5, 0.6) is 5.75 Å². The summed E-state index contributed by atoms with van der Waals surface area (Å²) in [5.74, 6) is 4.91. The van der Waals surface area contributed by atoms with Crippen molar-refractivity contribution >= 4 is 12.1 Å². The minimum absolute atomic E-state index is 0.0876. The highest BCUT2D eigenvalue weighted by Crippen LogP contribution is 2.19. The maximum atomic E-state index is 11.4. The lowest BCUT2D eigenvalue weighted by Gasteiger charge is -2.19. The van der Waals surface area contributed by atoms with Gasteiger partial charge in [-0.1, -0.05) is 11.8 Å². The van der Waals surface area contributed by atoms with Gasteiger partial charge in [0.15, 0.2) is 0 Å². The van der Waals surface area contributed by atoms with Crippen molar-refractivity contribution in [3.05, 3.63) is 29.3 Å². The Bertz CT molecular complexity index is 635. The minimum atomic E-state index is -0.608. The van der Waals surface area contributed by atoms with Crippen LogP contribution in [0.25, 0.3) is 0 Å². The number of alkyl carbamates (subject to hydrolysis) is 1. The molecule has 0 unspecified atom stereocenters. The number of hydrogen-bond donors (Lipinski definition) is 2. The summed E-state index contributed by atoms with van der Waals surface area (Å²) >= 11 is 0. The van der Waals surface area contributed by atoms with Gasteiger partial charge >= 0.3 is 12.1 Å². The van der Waals surface area contributed by atoms with E-state index < -0.39 is 17.7 Å². The summed E-state index contributed by atoms with van der Waals surface area (Å²) in [6.07, 6.45) is -0.0574. The SMILES string of the molecule is COC(=O)c1ccc(C#CCCNC(=O)OC(C)(C)C)cc1O. The minimum Gasteiger partial charge on any atom is -0.507 e. The predicted molar refractivity (Wildman–Crippen MR) is 85.2 cm³/mol. The number of esters is 1. The summed E-state index contributed by atoms with van der Waals surface area (Å²) in [5.41, 5.74) is 0.117. The molecule has 0 aromatic heterocycles. The summed E-state index contributed by atoms with van der Waals surface area (Å²) in [4.78, 5) is 22.7. The van der Waals surface area contributed by atoms with Crippen LogP contribution in [0, 0.1) is 11.8 Å². The molecule has 0 aliphatic heterocycles. The number of carbonyl (C=O) groups excluding carboxylic acids is 2. The first-order valence-corrected chi connectivity index (χ1v) is 7.10. The van der Waals surface area contributed by atoms with Gasteiger partial charge in [0.25, 0.3) is 0 Å². The molecule has 0 saturated carbocycles. The number of rotatable bonds is 3. The lowest BCUT2D eigenvalue weighted by atomic mass is 10.1. The van der Waals surface area contributed by atoms with Crippen LogP contribution in [0.4, 0.5) is 4.79 Å². The Morgan fingerprint density at radius 3 is 2.57 bits per heavy atom. The van der Waals surface area contributed by atoms with E-state index in [9.17, 15) is 14.7 Å². The molecule has 1 amide bonds.